The van der Waals surface area contributed by atoms with Gasteiger partial charge in [0.15, 0.2) is 0 Å². The average Bonchev–Trinajstić information content (AvgIpc) is 2.90. The molecule has 1 N–H and O–H groups in total. The van der Waals surface area contributed by atoms with Gasteiger partial charge in [-0.2, -0.15) is 8.75 Å². The number of hydrogen-bond donors (Lipinski definition) is 1. The predicted molar refractivity (Wildman–Crippen MR) is 92.2 cm³/mol. The quantitative estimate of drug-likeness (QED) is 0.593. The van der Waals surface area contributed by atoms with Crippen molar-refractivity contribution in [3.8, 4) is 0 Å². The Labute approximate surface area is 146 Å². The van der Waals surface area contributed by atoms with Gasteiger partial charge in [0, 0.05) is 8.95 Å². The molecule has 0 unspecified atom stereocenters. The Bertz CT molecular complexity index is 853. The van der Waals surface area contributed by atoms with Crippen LogP contribution in [0.1, 0.15) is 10.4 Å². The summed E-state index contributed by atoms with van der Waals surface area (Å²) < 4.78 is 9.88. The van der Waals surface area contributed by atoms with Crippen LogP contribution < -0.4 is 5.32 Å². The van der Waals surface area contributed by atoms with E-state index in [0.717, 1.165) is 16.2 Å². The van der Waals surface area contributed by atoms with Gasteiger partial charge in [-0.15, -0.1) is 0 Å². The van der Waals surface area contributed by atoms with Gasteiger partial charge in [-0.05, 0) is 46.3 Å². The summed E-state index contributed by atoms with van der Waals surface area (Å²) in [4.78, 5) is 12.4. The van der Waals surface area contributed by atoms with Gasteiger partial charge < -0.3 is 5.32 Å². The lowest BCUT2D eigenvalue weighted by molar-refractivity contribution is 0.102. The minimum Gasteiger partial charge on any atom is -0.319 e. The fourth-order valence-electron chi connectivity index (χ4n) is 1.80. The van der Waals surface area contributed by atoms with Crippen molar-refractivity contribution in [2.24, 2.45) is 0 Å². The first kappa shape index (κ1) is 14.9. The van der Waals surface area contributed by atoms with Gasteiger partial charge >= 0.3 is 0 Å². The lowest BCUT2D eigenvalue weighted by Gasteiger charge is -2.09. The van der Waals surface area contributed by atoms with Gasteiger partial charge in [-0.25, -0.2) is 0 Å². The van der Waals surface area contributed by atoms with Crippen LogP contribution in [0.15, 0.2) is 39.3 Å². The van der Waals surface area contributed by atoms with Crippen molar-refractivity contribution in [2.75, 3.05) is 5.32 Å². The molecule has 0 saturated heterocycles. The number of carbonyl (C=O) groups excluding carboxylic acids is 1. The summed E-state index contributed by atoms with van der Waals surface area (Å²) in [5.74, 6) is -0.267. The van der Waals surface area contributed by atoms with E-state index in [9.17, 15) is 4.79 Å². The van der Waals surface area contributed by atoms with E-state index < -0.39 is 0 Å². The van der Waals surface area contributed by atoms with Crippen LogP contribution in [-0.4, -0.2) is 14.7 Å². The molecule has 0 aliphatic rings. The topological polar surface area (TPSA) is 54.9 Å². The van der Waals surface area contributed by atoms with E-state index in [0.29, 0.717) is 31.8 Å². The molecule has 0 bridgehead atoms. The maximum Gasteiger partial charge on any atom is 0.256 e. The van der Waals surface area contributed by atoms with Gasteiger partial charge in [0.05, 0.1) is 28.0 Å². The van der Waals surface area contributed by atoms with Crippen molar-refractivity contribution in [3.63, 3.8) is 0 Å². The normalized spacial score (nSPS) is 10.8. The van der Waals surface area contributed by atoms with Crippen molar-refractivity contribution in [2.45, 2.75) is 0 Å². The van der Waals surface area contributed by atoms with Crippen molar-refractivity contribution in [1.82, 2.24) is 8.75 Å². The number of benzene rings is 2. The SMILES string of the molecule is O=C(Nc1c(Cl)ccc2nsnc12)c1ccc(Br)cc1Br. The molecule has 8 heteroatoms. The Morgan fingerprint density at radius 3 is 2.76 bits per heavy atom. The van der Waals surface area contributed by atoms with Crippen LogP contribution in [0.25, 0.3) is 11.0 Å². The second kappa shape index (κ2) is 6.00. The Kier molecular flexibility index (Phi) is 4.26. The number of aromatic nitrogens is 2. The highest BCUT2D eigenvalue weighted by atomic mass is 79.9. The molecule has 2 aromatic carbocycles. The lowest BCUT2D eigenvalue weighted by atomic mass is 10.2. The highest BCUT2D eigenvalue weighted by Gasteiger charge is 2.16. The van der Waals surface area contributed by atoms with Crippen LogP contribution in [-0.2, 0) is 0 Å². The zero-order valence-electron chi connectivity index (χ0n) is 10.2. The molecule has 0 fully saturated rings. The summed E-state index contributed by atoms with van der Waals surface area (Å²) in [6.07, 6.45) is 0. The molecule has 0 atom stereocenters. The van der Waals surface area contributed by atoms with Crippen LogP contribution in [0.2, 0.25) is 5.02 Å². The molecule has 106 valence electrons. The molecule has 0 radical (unpaired) electrons. The van der Waals surface area contributed by atoms with Gasteiger partial charge in [0.2, 0.25) is 0 Å². The molecule has 4 nitrogen and oxygen atoms in total. The molecule has 0 saturated carbocycles. The summed E-state index contributed by atoms with van der Waals surface area (Å²) in [5, 5.41) is 3.23. The highest BCUT2D eigenvalue weighted by Crippen LogP contribution is 2.31. The van der Waals surface area contributed by atoms with Crippen LogP contribution in [0.5, 0.6) is 0 Å². The zero-order valence-corrected chi connectivity index (χ0v) is 15.0. The lowest BCUT2D eigenvalue weighted by Crippen LogP contribution is -2.13. The smallest absolute Gasteiger partial charge is 0.256 e. The number of rotatable bonds is 2. The number of anilines is 1. The third-order valence-corrected chi connectivity index (χ3v) is 4.80. The van der Waals surface area contributed by atoms with E-state index >= 15 is 0 Å². The monoisotopic (exact) mass is 445 g/mol. The second-order valence-corrected chi connectivity index (χ2v) is 6.84. The van der Waals surface area contributed by atoms with Crippen molar-refractivity contribution in [1.29, 1.82) is 0 Å². The van der Waals surface area contributed by atoms with Crippen LogP contribution >= 0.6 is 55.2 Å². The van der Waals surface area contributed by atoms with E-state index in [2.05, 4.69) is 45.9 Å². The molecule has 1 heterocycles. The maximum atomic E-state index is 12.4. The minimum absolute atomic E-state index is 0.267. The molecule has 1 aromatic heterocycles. The third kappa shape index (κ3) is 2.96. The Hall–Kier alpha value is -1.02. The van der Waals surface area contributed by atoms with Gasteiger partial charge in [0.1, 0.15) is 11.0 Å². The van der Waals surface area contributed by atoms with E-state index in [4.69, 9.17) is 11.6 Å². The maximum absolute atomic E-state index is 12.4. The number of carbonyl (C=O) groups is 1. The van der Waals surface area contributed by atoms with Crippen LogP contribution in [0.3, 0.4) is 0 Å². The van der Waals surface area contributed by atoms with E-state index in [1.165, 1.54) is 0 Å². The average molecular weight is 448 g/mol. The Morgan fingerprint density at radius 1 is 1.19 bits per heavy atom. The molecular weight excluding hydrogens is 441 g/mol. The number of fused-ring (bicyclic) bond motifs is 1. The predicted octanol–water partition coefficient (Wildman–Crippen LogP) is 5.12. The van der Waals surface area contributed by atoms with Crippen LogP contribution in [0, 0.1) is 0 Å². The van der Waals surface area contributed by atoms with E-state index in [1.54, 1.807) is 24.3 Å². The molecule has 0 spiro atoms. The molecule has 3 rings (SSSR count). The van der Waals surface area contributed by atoms with E-state index in [-0.39, 0.29) is 5.91 Å². The van der Waals surface area contributed by atoms with E-state index in [1.807, 2.05) is 6.07 Å². The molecule has 3 aromatic rings. The number of nitrogens with one attached hydrogen (secondary N) is 1. The number of amides is 1. The zero-order chi connectivity index (χ0) is 15.0. The minimum atomic E-state index is -0.267. The molecular formula is C13H6Br2ClN3OS. The summed E-state index contributed by atoms with van der Waals surface area (Å²) in [5.41, 5.74) is 2.28. The molecule has 0 aliphatic carbocycles. The van der Waals surface area contributed by atoms with Crippen LogP contribution in [0.4, 0.5) is 5.69 Å². The number of hydrogen-bond acceptors (Lipinski definition) is 4. The number of nitrogens with zero attached hydrogens (tertiary/aromatic N) is 2. The highest BCUT2D eigenvalue weighted by molar-refractivity contribution is 9.11. The fourth-order valence-corrected chi connectivity index (χ4v) is 3.77. The Morgan fingerprint density at radius 2 is 2.00 bits per heavy atom. The molecule has 0 aliphatic heterocycles. The molecule has 21 heavy (non-hydrogen) atoms. The third-order valence-electron chi connectivity index (χ3n) is 2.79. The first-order valence-corrected chi connectivity index (χ1v) is 8.43. The largest absolute Gasteiger partial charge is 0.319 e. The van der Waals surface area contributed by atoms with Gasteiger partial charge in [0.25, 0.3) is 5.91 Å². The van der Waals surface area contributed by atoms with Crippen molar-refractivity contribution >= 4 is 77.8 Å². The van der Waals surface area contributed by atoms with Crippen molar-refractivity contribution in [3.05, 3.63) is 49.9 Å². The standard InChI is InChI=1S/C13H6Br2ClN3OS/c14-6-1-2-7(8(15)5-6)13(20)17-11-9(16)3-4-10-12(11)19-21-18-10/h1-5H,(H,17,20). The van der Waals surface area contributed by atoms with Gasteiger partial charge in [-0.3, -0.25) is 4.79 Å². The number of halogens is 3. The first-order valence-electron chi connectivity index (χ1n) is 5.73. The summed E-state index contributed by atoms with van der Waals surface area (Å²) in [6, 6.07) is 8.79. The first-order chi connectivity index (χ1) is 10.1. The summed E-state index contributed by atoms with van der Waals surface area (Å²) >= 11 is 14.0. The molecule has 1 amide bonds. The van der Waals surface area contributed by atoms with Gasteiger partial charge in [-0.1, -0.05) is 27.5 Å². The van der Waals surface area contributed by atoms with Crippen molar-refractivity contribution < 1.29 is 4.79 Å². The second-order valence-electron chi connectivity index (χ2n) is 4.13. The summed E-state index contributed by atoms with van der Waals surface area (Å²) in [6.45, 7) is 0. The fraction of sp³-hybridized carbons (Fsp3) is 0. The Balaban J connectivity index is 2.00. The summed E-state index contributed by atoms with van der Waals surface area (Å²) in [7, 11) is 0.